The quantitative estimate of drug-likeness (QED) is 0.249. The van der Waals surface area contributed by atoms with Crippen molar-refractivity contribution < 1.29 is 0 Å². The summed E-state index contributed by atoms with van der Waals surface area (Å²) in [6.07, 6.45) is 27.9. The van der Waals surface area contributed by atoms with Crippen LogP contribution in [0.5, 0.6) is 0 Å². The average Bonchev–Trinajstić information content (AvgIpc) is 3.88. The number of fused-ring (bicyclic) bond motifs is 14. The zero-order valence-electron chi connectivity index (χ0n) is 26.8. The Hall–Kier alpha value is -4.44. The van der Waals surface area contributed by atoms with E-state index in [1.54, 1.807) is 0 Å². The van der Waals surface area contributed by atoms with Crippen LogP contribution in [0.25, 0.3) is 50.4 Å². The van der Waals surface area contributed by atoms with Crippen LogP contribution in [0, 0.1) is 23.7 Å². The predicted molar refractivity (Wildman–Crippen MR) is 191 cm³/mol. The molecule has 0 saturated carbocycles. The van der Waals surface area contributed by atoms with Gasteiger partial charge < -0.3 is 9.97 Å². The molecule has 5 heterocycles. The van der Waals surface area contributed by atoms with E-state index in [9.17, 15) is 0 Å². The molecule has 7 unspecified atom stereocenters. The number of hydrogen-bond acceptors (Lipinski definition) is 2. The molecule has 4 nitrogen and oxygen atoms in total. The van der Waals surface area contributed by atoms with E-state index in [2.05, 4.69) is 89.8 Å². The summed E-state index contributed by atoms with van der Waals surface area (Å²) < 4.78 is 0. The molecule has 2 aliphatic heterocycles. The molecule has 0 spiro atoms. The van der Waals surface area contributed by atoms with Gasteiger partial charge in [0.05, 0.1) is 22.8 Å². The first-order chi connectivity index (χ1) is 23.2. The van der Waals surface area contributed by atoms with Gasteiger partial charge >= 0.3 is 0 Å². The van der Waals surface area contributed by atoms with Gasteiger partial charge in [0, 0.05) is 63.1 Å². The maximum atomic E-state index is 5.55. The third-order valence-corrected chi connectivity index (χ3v) is 13.2. The molecule has 4 heteroatoms. The standard InChI is InChI=1S/C43H38N4/c1-21-3-2-4-28-29-17-31-38-22-5-7-24(8-6-22)40(38)33(45-31)19-35-42-26-13-15-27(16-14-26)43(42)36(47-35)20-34-41-25-11-9-23(10-12-25)39(41)32(46-34)18-30(44-29)37(21)28/h2,4-5,7,9,11,13,15,17-27,44,46H,3,6,8,10,12,14,16H2,1H3. The molecule has 0 fully saturated rings. The molecular weight excluding hydrogens is 573 g/mol. The minimum Gasteiger partial charge on any atom is -0.355 e. The van der Waals surface area contributed by atoms with Crippen molar-refractivity contribution >= 4 is 50.4 Å². The van der Waals surface area contributed by atoms with E-state index in [-0.39, 0.29) is 0 Å². The second-order valence-corrected chi connectivity index (χ2v) is 15.6. The summed E-state index contributed by atoms with van der Waals surface area (Å²) in [5.41, 5.74) is 21.3. The summed E-state index contributed by atoms with van der Waals surface area (Å²) in [5, 5.41) is 0. The van der Waals surface area contributed by atoms with E-state index in [0.717, 1.165) is 23.5 Å². The summed E-state index contributed by atoms with van der Waals surface area (Å²) in [7, 11) is 0. The Labute approximate surface area is 274 Å². The molecule has 14 bridgehead atoms. The maximum absolute atomic E-state index is 5.55. The van der Waals surface area contributed by atoms with E-state index in [0.29, 0.717) is 41.4 Å². The lowest BCUT2D eigenvalue weighted by Crippen LogP contribution is -2.19. The van der Waals surface area contributed by atoms with Crippen molar-refractivity contribution in [3.05, 3.63) is 112 Å². The van der Waals surface area contributed by atoms with Gasteiger partial charge in [0.1, 0.15) is 0 Å². The molecule has 10 aliphatic carbocycles. The Kier molecular flexibility index (Phi) is 4.86. The minimum absolute atomic E-state index is 0.444. The smallest absolute Gasteiger partial charge is 0.0700 e. The summed E-state index contributed by atoms with van der Waals surface area (Å²) in [4.78, 5) is 19.1. The van der Waals surface area contributed by atoms with Crippen LogP contribution >= 0.6 is 0 Å². The highest BCUT2D eigenvalue weighted by atomic mass is 14.8. The van der Waals surface area contributed by atoms with E-state index < -0.39 is 0 Å². The van der Waals surface area contributed by atoms with Crippen LogP contribution in [-0.4, -0.2) is 19.9 Å². The third kappa shape index (κ3) is 3.34. The van der Waals surface area contributed by atoms with Crippen molar-refractivity contribution in [2.75, 3.05) is 0 Å². The van der Waals surface area contributed by atoms with E-state index in [4.69, 9.17) is 9.97 Å². The molecule has 0 saturated heterocycles. The molecule has 12 aliphatic rings. The molecular formula is C43H38N4. The Balaban J connectivity index is 1.24. The maximum Gasteiger partial charge on any atom is 0.0700 e. The summed E-state index contributed by atoms with van der Waals surface area (Å²) in [5.74, 6) is 3.19. The minimum atomic E-state index is 0.444. The number of nitrogens with zero attached hydrogens (tertiary/aromatic N) is 2. The number of aromatic nitrogens is 4. The Bertz CT molecular complexity index is 2350. The zero-order valence-corrected chi connectivity index (χ0v) is 26.8. The number of H-pyrrole nitrogens is 2. The van der Waals surface area contributed by atoms with Gasteiger partial charge in [-0.1, -0.05) is 55.5 Å². The average molecular weight is 611 g/mol. The summed E-state index contributed by atoms with van der Waals surface area (Å²) in [6.45, 7) is 2.39. The fourth-order valence-electron chi connectivity index (χ4n) is 11.1. The monoisotopic (exact) mass is 610 g/mol. The number of hydrogen-bond donors (Lipinski definition) is 2. The fraction of sp³-hybridized carbons (Fsp3) is 0.349. The largest absolute Gasteiger partial charge is 0.355 e. The lowest BCUT2D eigenvalue weighted by molar-refractivity contribution is 0.557. The van der Waals surface area contributed by atoms with Crippen LogP contribution in [0.1, 0.15) is 115 Å². The Morgan fingerprint density at radius 1 is 0.489 bits per heavy atom. The Morgan fingerprint density at radius 2 is 0.915 bits per heavy atom. The van der Waals surface area contributed by atoms with Gasteiger partial charge in [-0.05, 0) is 114 Å². The number of nitrogens with one attached hydrogen (secondary N) is 2. The zero-order chi connectivity index (χ0) is 30.5. The number of allylic oxidation sites excluding steroid dienone is 11. The lowest BCUT2D eigenvalue weighted by Gasteiger charge is -2.33. The van der Waals surface area contributed by atoms with Gasteiger partial charge in [0.15, 0.2) is 0 Å². The van der Waals surface area contributed by atoms with Crippen molar-refractivity contribution in [1.29, 1.82) is 0 Å². The van der Waals surface area contributed by atoms with Crippen molar-refractivity contribution in [3.63, 3.8) is 0 Å². The number of aromatic amines is 2. The molecule has 47 heavy (non-hydrogen) atoms. The molecule has 3 aromatic heterocycles. The highest BCUT2D eigenvalue weighted by molar-refractivity contribution is 6.01. The van der Waals surface area contributed by atoms with Gasteiger partial charge in [0.2, 0.25) is 0 Å². The van der Waals surface area contributed by atoms with Crippen LogP contribution < -0.4 is 0 Å². The van der Waals surface area contributed by atoms with Crippen LogP contribution in [0.15, 0.2) is 66.8 Å². The highest BCUT2D eigenvalue weighted by Crippen LogP contribution is 2.55. The summed E-state index contributed by atoms with van der Waals surface area (Å²) in [6, 6.07) is 9.64. The van der Waals surface area contributed by atoms with Gasteiger partial charge in [-0.15, -0.1) is 0 Å². The second kappa shape index (κ2) is 8.92. The van der Waals surface area contributed by atoms with Crippen molar-refractivity contribution in [3.8, 4) is 0 Å². The first-order valence-corrected chi connectivity index (χ1v) is 18.2. The first-order valence-electron chi connectivity index (χ1n) is 18.2. The molecule has 0 aromatic carbocycles. The molecule has 0 radical (unpaired) electrons. The van der Waals surface area contributed by atoms with Crippen LogP contribution in [0.2, 0.25) is 0 Å². The molecule has 230 valence electrons. The van der Waals surface area contributed by atoms with Crippen LogP contribution in [-0.2, 0) is 0 Å². The van der Waals surface area contributed by atoms with E-state index in [1.807, 2.05) is 0 Å². The highest BCUT2D eigenvalue weighted by Gasteiger charge is 2.40. The molecule has 7 atom stereocenters. The van der Waals surface area contributed by atoms with Gasteiger partial charge in [-0.2, -0.15) is 0 Å². The Morgan fingerprint density at radius 3 is 1.45 bits per heavy atom. The fourth-order valence-corrected chi connectivity index (χ4v) is 11.1. The first kappa shape index (κ1) is 25.6. The van der Waals surface area contributed by atoms with Gasteiger partial charge in [-0.3, -0.25) is 0 Å². The normalized spacial score (nSPS) is 31.5. The van der Waals surface area contributed by atoms with Crippen LogP contribution in [0.4, 0.5) is 0 Å². The van der Waals surface area contributed by atoms with Crippen molar-refractivity contribution in [1.82, 2.24) is 19.9 Å². The second-order valence-electron chi connectivity index (χ2n) is 15.6. The topological polar surface area (TPSA) is 57.4 Å². The van der Waals surface area contributed by atoms with Gasteiger partial charge in [0.25, 0.3) is 0 Å². The molecule has 0 amide bonds. The summed E-state index contributed by atoms with van der Waals surface area (Å²) >= 11 is 0. The molecule has 3 aromatic rings. The van der Waals surface area contributed by atoms with Crippen LogP contribution in [0.3, 0.4) is 0 Å². The van der Waals surface area contributed by atoms with Gasteiger partial charge in [-0.25, -0.2) is 9.97 Å². The molecule has 2 N–H and O–H groups in total. The van der Waals surface area contributed by atoms with E-state index in [1.165, 1.54) is 111 Å². The predicted octanol–water partition coefficient (Wildman–Crippen LogP) is 10.4. The van der Waals surface area contributed by atoms with E-state index >= 15 is 0 Å². The lowest BCUT2D eigenvalue weighted by atomic mass is 9.69. The SMILES string of the molecule is CC1CC=Cc2c1c1cc3[nH]c(cc4nc(cc5nc(cc2[nH]1)C1=C5C2C=CC1CC2)C1=C4C2C=CC1CC2)c1c3C2C=CC1CC2. The number of rotatable bonds is 0. The molecule has 15 rings (SSSR count). The third-order valence-electron chi connectivity index (χ3n) is 13.2. The van der Waals surface area contributed by atoms with Crippen molar-refractivity contribution in [2.24, 2.45) is 23.7 Å². The van der Waals surface area contributed by atoms with Crippen molar-refractivity contribution in [2.45, 2.75) is 69.6 Å².